The molecule has 29 heavy (non-hydrogen) atoms. The third-order valence-electron chi connectivity index (χ3n) is 4.83. The third-order valence-corrected chi connectivity index (χ3v) is 6.66. The van der Waals surface area contributed by atoms with Crippen molar-refractivity contribution < 1.29 is 17.5 Å². The highest BCUT2D eigenvalue weighted by Crippen LogP contribution is 2.34. The zero-order valence-electron chi connectivity index (χ0n) is 16.0. The SMILES string of the molecule is Cc1ccc(S(=O)(=O)N2CCCOc3ncc(Cc4ccc(F)cc4)cc32)cc1. The number of halogens is 1. The van der Waals surface area contributed by atoms with Gasteiger partial charge in [0.25, 0.3) is 10.0 Å². The fourth-order valence-corrected chi connectivity index (χ4v) is 4.79. The Morgan fingerprint density at radius 1 is 1.07 bits per heavy atom. The number of pyridine rings is 1. The molecule has 0 amide bonds. The van der Waals surface area contributed by atoms with Crippen molar-refractivity contribution in [1.82, 2.24) is 4.98 Å². The number of aromatic nitrogens is 1. The lowest BCUT2D eigenvalue weighted by Crippen LogP contribution is -2.31. The molecule has 0 radical (unpaired) electrons. The topological polar surface area (TPSA) is 59.5 Å². The van der Waals surface area contributed by atoms with E-state index in [1.165, 1.54) is 16.4 Å². The number of sulfonamides is 1. The van der Waals surface area contributed by atoms with E-state index in [-0.39, 0.29) is 10.7 Å². The molecule has 1 aliphatic rings. The van der Waals surface area contributed by atoms with E-state index in [0.717, 1.165) is 16.7 Å². The van der Waals surface area contributed by atoms with Crippen molar-refractivity contribution in [3.05, 3.63) is 83.3 Å². The second-order valence-electron chi connectivity index (χ2n) is 7.06. The van der Waals surface area contributed by atoms with Crippen molar-refractivity contribution >= 4 is 15.7 Å². The van der Waals surface area contributed by atoms with Crippen molar-refractivity contribution in [3.8, 4) is 5.88 Å². The van der Waals surface area contributed by atoms with Crippen LogP contribution in [0.25, 0.3) is 0 Å². The molecular weight excluding hydrogens is 391 g/mol. The number of nitrogens with zero attached hydrogens (tertiary/aromatic N) is 2. The molecule has 7 heteroatoms. The molecule has 4 rings (SSSR count). The summed E-state index contributed by atoms with van der Waals surface area (Å²) in [5, 5.41) is 0. The highest BCUT2D eigenvalue weighted by molar-refractivity contribution is 7.92. The molecule has 0 saturated carbocycles. The summed E-state index contributed by atoms with van der Waals surface area (Å²) < 4.78 is 46.9. The normalized spacial score (nSPS) is 14.1. The van der Waals surface area contributed by atoms with E-state index in [4.69, 9.17) is 4.74 Å². The zero-order valence-corrected chi connectivity index (χ0v) is 16.8. The first-order valence-corrected chi connectivity index (χ1v) is 10.8. The smallest absolute Gasteiger partial charge is 0.264 e. The molecule has 0 aliphatic carbocycles. The summed E-state index contributed by atoms with van der Waals surface area (Å²) in [7, 11) is -3.75. The average Bonchev–Trinajstić information content (AvgIpc) is 2.93. The van der Waals surface area contributed by atoms with Gasteiger partial charge in [-0.2, -0.15) is 0 Å². The van der Waals surface area contributed by atoms with Crippen LogP contribution in [0.2, 0.25) is 0 Å². The van der Waals surface area contributed by atoms with Crippen LogP contribution in [-0.4, -0.2) is 26.6 Å². The lowest BCUT2D eigenvalue weighted by molar-refractivity contribution is 0.311. The summed E-state index contributed by atoms with van der Waals surface area (Å²) in [6.07, 6.45) is 2.75. The first-order chi connectivity index (χ1) is 13.9. The van der Waals surface area contributed by atoms with Gasteiger partial charge >= 0.3 is 0 Å². The Bertz CT molecular complexity index is 1110. The van der Waals surface area contributed by atoms with E-state index in [2.05, 4.69) is 4.98 Å². The number of ether oxygens (including phenoxy) is 1. The van der Waals surface area contributed by atoms with E-state index < -0.39 is 10.0 Å². The van der Waals surface area contributed by atoms with Crippen LogP contribution in [0, 0.1) is 12.7 Å². The Morgan fingerprint density at radius 3 is 2.52 bits per heavy atom. The van der Waals surface area contributed by atoms with E-state index in [9.17, 15) is 12.8 Å². The molecule has 0 fully saturated rings. The van der Waals surface area contributed by atoms with Gasteiger partial charge in [0.1, 0.15) is 11.5 Å². The molecule has 3 aromatic rings. The Hall–Kier alpha value is -2.93. The lowest BCUT2D eigenvalue weighted by Gasteiger charge is -2.23. The molecule has 2 heterocycles. The predicted octanol–water partition coefficient (Wildman–Crippen LogP) is 4.10. The van der Waals surface area contributed by atoms with Crippen LogP contribution in [0.4, 0.5) is 10.1 Å². The summed E-state index contributed by atoms with van der Waals surface area (Å²) in [5.74, 6) is 0.0126. The highest BCUT2D eigenvalue weighted by Gasteiger charge is 2.30. The molecule has 0 saturated heterocycles. The van der Waals surface area contributed by atoms with Crippen LogP contribution < -0.4 is 9.04 Å². The Balaban J connectivity index is 1.72. The van der Waals surface area contributed by atoms with Crippen molar-refractivity contribution in [3.63, 3.8) is 0 Å². The number of aryl methyl sites for hydroxylation is 1. The minimum Gasteiger partial charge on any atom is -0.476 e. The Labute approximate surface area is 169 Å². The fourth-order valence-electron chi connectivity index (χ4n) is 3.29. The summed E-state index contributed by atoms with van der Waals surface area (Å²) >= 11 is 0. The van der Waals surface area contributed by atoms with Crippen LogP contribution in [-0.2, 0) is 16.4 Å². The zero-order chi connectivity index (χ0) is 20.4. The van der Waals surface area contributed by atoms with Crippen molar-refractivity contribution in [2.45, 2.75) is 24.7 Å². The van der Waals surface area contributed by atoms with Gasteiger partial charge in [-0.15, -0.1) is 0 Å². The molecule has 1 aliphatic heterocycles. The monoisotopic (exact) mass is 412 g/mol. The van der Waals surface area contributed by atoms with Gasteiger partial charge in [-0.1, -0.05) is 29.8 Å². The summed E-state index contributed by atoms with van der Waals surface area (Å²) in [6, 6.07) is 14.8. The molecule has 5 nitrogen and oxygen atoms in total. The van der Waals surface area contributed by atoms with E-state index >= 15 is 0 Å². The number of anilines is 1. The van der Waals surface area contributed by atoms with Crippen LogP contribution in [0.5, 0.6) is 5.88 Å². The molecule has 0 N–H and O–H groups in total. The van der Waals surface area contributed by atoms with E-state index in [0.29, 0.717) is 37.6 Å². The number of hydrogen-bond donors (Lipinski definition) is 0. The Kier molecular flexibility index (Phi) is 5.24. The van der Waals surface area contributed by atoms with Crippen LogP contribution >= 0.6 is 0 Å². The van der Waals surface area contributed by atoms with Gasteiger partial charge < -0.3 is 4.74 Å². The van der Waals surface area contributed by atoms with Gasteiger partial charge in [-0.25, -0.2) is 17.8 Å². The van der Waals surface area contributed by atoms with Crippen molar-refractivity contribution in [1.29, 1.82) is 0 Å². The van der Waals surface area contributed by atoms with Gasteiger partial charge in [0.2, 0.25) is 5.88 Å². The lowest BCUT2D eigenvalue weighted by atomic mass is 10.1. The van der Waals surface area contributed by atoms with Crippen LogP contribution in [0.3, 0.4) is 0 Å². The maximum absolute atomic E-state index is 13.3. The summed E-state index contributed by atoms with van der Waals surface area (Å²) in [5.41, 5.74) is 3.16. The number of hydrogen-bond acceptors (Lipinski definition) is 4. The predicted molar refractivity (Wildman–Crippen MR) is 109 cm³/mol. The molecular formula is C22H21FN2O3S. The van der Waals surface area contributed by atoms with E-state index in [1.54, 1.807) is 48.7 Å². The quantitative estimate of drug-likeness (QED) is 0.647. The van der Waals surface area contributed by atoms with Gasteiger partial charge in [0.15, 0.2) is 0 Å². The van der Waals surface area contributed by atoms with Crippen LogP contribution in [0.15, 0.2) is 65.7 Å². The largest absolute Gasteiger partial charge is 0.476 e. The standard InChI is InChI=1S/C22H21FN2O3S/c1-16-3-9-20(10-4-16)29(26,27)25-11-2-12-28-22-21(25)14-18(15-24-22)13-17-5-7-19(23)8-6-17/h3-10,14-15H,2,11-13H2,1H3. The second kappa shape index (κ2) is 7.83. The molecule has 0 spiro atoms. The van der Waals surface area contributed by atoms with Crippen LogP contribution in [0.1, 0.15) is 23.1 Å². The minimum absolute atomic E-state index is 0.236. The minimum atomic E-state index is -3.75. The maximum Gasteiger partial charge on any atom is 0.264 e. The second-order valence-corrected chi connectivity index (χ2v) is 8.93. The third kappa shape index (κ3) is 4.10. The number of fused-ring (bicyclic) bond motifs is 1. The molecule has 2 aromatic carbocycles. The Morgan fingerprint density at radius 2 is 1.79 bits per heavy atom. The maximum atomic E-state index is 13.3. The molecule has 1 aromatic heterocycles. The van der Waals surface area contributed by atoms with Gasteiger partial charge in [-0.3, -0.25) is 4.31 Å². The summed E-state index contributed by atoms with van der Waals surface area (Å²) in [6.45, 7) is 2.62. The fraction of sp³-hybridized carbons (Fsp3) is 0.227. The first-order valence-electron chi connectivity index (χ1n) is 9.39. The van der Waals surface area contributed by atoms with Crippen molar-refractivity contribution in [2.75, 3.05) is 17.5 Å². The van der Waals surface area contributed by atoms with Gasteiger partial charge in [0, 0.05) is 19.2 Å². The first kappa shape index (κ1) is 19.4. The van der Waals surface area contributed by atoms with Gasteiger partial charge in [0.05, 0.1) is 11.5 Å². The van der Waals surface area contributed by atoms with Crippen molar-refractivity contribution in [2.24, 2.45) is 0 Å². The molecule has 0 unspecified atom stereocenters. The summed E-state index contributed by atoms with van der Waals surface area (Å²) in [4.78, 5) is 4.60. The molecule has 0 atom stereocenters. The number of benzene rings is 2. The van der Waals surface area contributed by atoms with Gasteiger partial charge in [-0.05, 0) is 54.8 Å². The van der Waals surface area contributed by atoms with E-state index in [1.807, 2.05) is 6.92 Å². The number of rotatable bonds is 4. The average molecular weight is 412 g/mol. The molecule has 150 valence electrons. The highest BCUT2D eigenvalue weighted by atomic mass is 32.2. The molecule has 0 bridgehead atoms.